The summed E-state index contributed by atoms with van der Waals surface area (Å²) in [6.07, 6.45) is 0.850. The van der Waals surface area contributed by atoms with Crippen LogP contribution in [0.15, 0.2) is 54.6 Å². The molecule has 25 heavy (non-hydrogen) atoms. The van der Waals surface area contributed by atoms with Gasteiger partial charge in [-0.15, -0.1) is 0 Å². The second kappa shape index (κ2) is 9.69. The fraction of sp³-hybridized carbons (Fsp3) is 0.350. The number of hydrogen-bond donors (Lipinski definition) is 2. The largest absolute Gasteiger partial charge is 0.395 e. The number of aliphatic hydroxyl groups is 1. The van der Waals surface area contributed by atoms with Crippen LogP contribution in [0.1, 0.15) is 18.9 Å². The summed E-state index contributed by atoms with van der Waals surface area (Å²) in [4.78, 5) is 16.3. The average molecular weight is 341 g/mol. The van der Waals surface area contributed by atoms with Gasteiger partial charge >= 0.3 is 6.03 Å². The van der Waals surface area contributed by atoms with Gasteiger partial charge in [-0.05, 0) is 24.1 Å². The number of nitrogens with one attached hydrogen (secondary N) is 1. The lowest BCUT2D eigenvalue weighted by molar-refractivity contribution is 0.188. The lowest BCUT2D eigenvalue weighted by Gasteiger charge is -2.25. The fourth-order valence-corrected chi connectivity index (χ4v) is 2.75. The van der Waals surface area contributed by atoms with Gasteiger partial charge in [0.25, 0.3) is 0 Å². The van der Waals surface area contributed by atoms with Crippen molar-refractivity contribution >= 4 is 17.4 Å². The monoisotopic (exact) mass is 341 g/mol. The molecule has 5 heteroatoms. The lowest BCUT2D eigenvalue weighted by atomic mass is 10.2. The van der Waals surface area contributed by atoms with Gasteiger partial charge in [0, 0.05) is 26.7 Å². The zero-order valence-electron chi connectivity index (χ0n) is 15.0. The van der Waals surface area contributed by atoms with Crippen LogP contribution in [-0.4, -0.2) is 42.8 Å². The predicted molar refractivity (Wildman–Crippen MR) is 103 cm³/mol. The van der Waals surface area contributed by atoms with Crippen molar-refractivity contribution < 1.29 is 9.90 Å². The Morgan fingerprint density at radius 2 is 1.72 bits per heavy atom. The zero-order chi connectivity index (χ0) is 18.1. The van der Waals surface area contributed by atoms with Crippen molar-refractivity contribution in [3.8, 4) is 0 Å². The second-order valence-electron chi connectivity index (χ2n) is 6.00. The van der Waals surface area contributed by atoms with Crippen molar-refractivity contribution in [2.24, 2.45) is 0 Å². The number of amides is 2. The molecule has 2 aromatic carbocycles. The third-order valence-corrected chi connectivity index (χ3v) is 3.97. The highest BCUT2D eigenvalue weighted by atomic mass is 16.3. The summed E-state index contributed by atoms with van der Waals surface area (Å²) in [5.74, 6) is 0. The Kier molecular flexibility index (Phi) is 7.29. The molecule has 0 aliphatic rings. The Balaban J connectivity index is 2.12. The standard InChI is InChI=1S/C20H27N3O2/c1-3-13-23(14-15-24)20(25)21-18-11-7-8-12-19(18)22(2)16-17-9-5-4-6-10-17/h4-12,24H,3,13-16H2,1-2H3,(H,21,25). The Morgan fingerprint density at radius 1 is 1.04 bits per heavy atom. The number of anilines is 2. The van der Waals surface area contributed by atoms with Gasteiger partial charge in [0.2, 0.25) is 0 Å². The van der Waals surface area contributed by atoms with E-state index in [1.165, 1.54) is 5.56 Å². The van der Waals surface area contributed by atoms with Crippen LogP contribution in [0.25, 0.3) is 0 Å². The van der Waals surface area contributed by atoms with Crippen LogP contribution in [0.5, 0.6) is 0 Å². The first-order chi connectivity index (χ1) is 12.2. The van der Waals surface area contributed by atoms with Crippen molar-refractivity contribution in [3.63, 3.8) is 0 Å². The highest BCUT2D eigenvalue weighted by Gasteiger charge is 2.15. The topological polar surface area (TPSA) is 55.8 Å². The van der Waals surface area contributed by atoms with Gasteiger partial charge in [0.05, 0.1) is 18.0 Å². The maximum atomic E-state index is 12.5. The first-order valence-electron chi connectivity index (χ1n) is 8.66. The van der Waals surface area contributed by atoms with E-state index in [0.717, 1.165) is 24.3 Å². The molecular formula is C20H27N3O2. The number of para-hydroxylation sites is 2. The number of carbonyl (C=O) groups excluding carboxylic acids is 1. The van der Waals surface area contributed by atoms with Gasteiger partial charge < -0.3 is 20.2 Å². The average Bonchev–Trinajstić information content (AvgIpc) is 2.62. The van der Waals surface area contributed by atoms with Crippen LogP contribution >= 0.6 is 0 Å². The Labute approximate surface area is 149 Å². The van der Waals surface area contributed by atoms with E-state index < -0.39 is 0 Å². The molecule has 2 aromatic rings. The van der Waals surface area contributed by atoms with E-state index in [1.807, 2.05) is 56.4 Å². The molecule has 0 saturated carbocycles. The normalized spacial score (nSPS) is 10.4. The summed E-state index contributed by atoms with van der Waals surface area (Å²) in [6.45, 7) is 3.68. The molecule has 0 atom stereocenters. The van der Waals surface area contributed by atoms with Crippen molar-refractivity contribution in [2.75, 3.05) is 37.0 Å². The maximum Gasteiger partial charge on any atom is 0.321 e. The number of rotatable bonds is 8. The number of benzene rings is 2. The van der Waals surface area contributed by atoms with Gasteiger partial charge in [-0.1, -0.05) is 49.4 Å². The number of urea groups is 1. The molecule has 0 aliphatic heterocycles. The molecule has 134 valence electrons. The predicted octanol–water partition coefficient (Wildman–Crippen LogP) is 3.56. The Hall–Kier alpha value is -2.53. The minimum Gasteiger partial charge on any atom is -0.395 e. The molecule has 0 aliphatic carbocycles. The SMILES string of the molecule is CCCN(CCO)C(=O)Nc1ccccc1N(C)Cc1ccccc1. The molecule has 0 spiro atoms. The van der Waals surface area contributed by atoms with E-state index in [1.54, 1.807) is 4.90 Å². The molecular weight excluding hydrogens is 314 g/mol. The van der Waals surface area contributed by atoms with Gasteiger partial charge in [-0.2, -0.15) is 0 Å². The second-order valence-corrected chi connectivity index (χ2v) is 6.00. The molecule has 0 fully saturated rings. The number of aliphatic hydroxyl groups excluding tert-OH is 1. The molecule has 0 saturated heterocycles. The molecule has 0 heterocycles. The summed E-state index contributed by atoms with van der Waals surface area (Å²) in [5.41, 5.74) is 2.93. The molecule has 0 aromatic heterocycles. The van der Waals surface area contributed by atoms with Crippen molar-refractivity contribution in [1.82, 2.24) is 4.90 Å². The summed E-state index contributed by atoms with van der Waals surface area (Å²) >= 11 is 0. The molecule has 2 N–H and O–H groups in total. The van der Waals surface area contributed by atoms with Crippen molar-refractivity contribution in [2.45, 2.75) is 19.9 Å². The molecule has 0 unspecified atom stereocenters. The van der Waals surface area contributed by atoms with Crippen molar-refractivity contribution in [3.05, 3.63) is 60.2 Å². The molecule has 0 radical (unpaired) electrons. The molecule has 5 nitrogen and oxygen atoms in total. The summed E-state index contributed by atoms with van der Waals surface area (Å²) in [5, 5.41) is 12.1. The Bertz CT molecular complexity index is 655. The van der Waals surface area contributed by atoms with Crippen LogP contribution in [0.3, 0.4) is 0 Å². The molecule has 2 amide bonds. The van der Waals surface area contributed by atoms with Gasteiger partial charge in [-0.25, -0.2) is 4.79 Å². The quantitative estimate of drug-likeness (QED) is 0.772. The van der Waals surface area contributed by atoms with E-state index in [0.29, 0.717) is 13.1 Å². The highest BCUT2D eigenvalue weighted by Crippen LogP contribution is 2.26. The number of hydrogen-bond acceptors (Lipinski definition) is 3. The first kappa shape index (κ1) is 18.8. The molecule has 0 bridgehead atoms. The minimum atomic E-state index is -0.184. The lowest BCUT2D eigenvalue weighted by Crippen LogP contribution is -2.37. The van der Waals surface area contributed by atoms with E-state index in [9.17, 15) is 4.79 Å². The van der Waals surface area contributed by atoms with E-state index in [4.69, 9.17) is 5.11 Å². The summed E-state index contributed by atoms with van der Waals surface area (Å²) < 4.78 is 0. The number of nitrogens with zero attached hydrogens (tertiary/aromatic N) is 2. The van der Waals surface area contributed by atoms with Crippen LogP contribution < -0.4 is 10.2 Å². The van der Waals surface area contributed by atoms with Crippen LogP contribution in [-0.2, 0) is 6.54 Å². The van der Waals surface area contributed by atoms with Crippen LogP contribution in [0.4, 0.5) is 16.2 Å². The number of carbonyl (C=O) groups is 1. The first-order valence-corrected chi connectivity index (χ1v) is 8.66. The fourth-order valence-electron chi connectivity index (χ4n) is 2.75. The van der Waals surface area contributed by atoms with E-state index >= 15 is 0 Å². The van der Waals surface area contributed by atoms with E-state index in [2.05, 4.69) is 22.3 Å². The Morgan fingerprint density at radius 3 is 2.40 bits per heavy atom. The maximum absolute atomic E-state index is 12.5. The van der Waals surface area contributed by atoms with Crippen molar-refractivity contribution in [1.29, 1.82) is 0 Å². The molecule has 2 rings (SSSR count). The third kappa shape index (κ3) is 5.50. The zero-order valence-corrected chi connectivity index (χ0v) is 15.0. The van der Waals surface area contributed by atoms with Crippen LogP contribution in [0, 0.1) is 0 Å². The van der Waals surface area contributed by atoms with Gasteiger partial charge in [0.15, 0.2) is 0 Å². The van der Waals surface area contributed by atoms with Crippen LogP contribution in [0.2, 0.25) is 0 Å². The minimum absolute atomic E-state index is 0.0387. The third-order valence-electron chi connectivity index (χ3n) is 3.97. The van der Waals surface area contributed by atoms with Gasteiger partial charge in [-0.3, -0.25) is 0 Å². The van der Waals surface area contributed by atoms with Gasteiger partial charge in [0.1, 0.15) is 0 Å². The van der Waals surface area contributed by atoms with E-state index in [-0.39, 0.29) is 12.6 Å². The summed E-state index contributed by atoms with van der Waals surface area (Å²) in [7, 11) is 2.01. The summed E-state index contributed by atoms with van der Waals surface area (Å²) in [6, 6.07) is 17.8. The highest BCUT2D eigenvalue weighted by molar-refractivity contribution is 5.93. The smallest absolute Gasteiger partial charge is 0.321 e.